The lowest BCUT2D eigenvalue weighted by atomic mass is 10.2. The molecule has 0 aliphatic heterocycles. The van der Waals surface area contributed by atoms with Crippen molar-refractivity contribution in [2.75, 3.05) is 18.6 Å². The second-order valence-electron chi connectivity index (χ2n) is 4.59. The average molecular weight is 294 g/mol. The van der Waals surface area contributed by atoms with Crippen LogP contribution in [0.4, 0.5) is 0 Å². The number of amides is 1. The first-order valence-electron chi connectivity index (χ1n) is 6.30. The second-order valence-corrected chi connectivity index (χ2v) is 6.77. The topological polar surface area (TPSA) is 78.2 Å². The van der Waals surface area contributed by atoms with Crippen molar-refractivity contribution in [3.05, 3.63) is 35.9 Å². The zero-order valence-corrected chi connectivity index (χ0v) is 12.3. The summed E-state index contributed by atoms with van der Waals surface area (Å²) >= 11 is 0. The van der Waals surface area contributed by atoms with Gasteiger partial charge in [0.05, 0.1) is 11.8 Å². The molecule has 0 bridgehead atoms. The molecule has 1 rings (SSSR count). The first-order chi connectivity index (χ1) is 9.44. The minimum atomic E-state index is -3.43. The van der Waals surface area contributed by atoms with Crippen LogP contribution < -0.4 is 0 Å². The van der Waals surface area contributed by atoms with Crippen LogP contribution in [0.25, 0.3) is 0 Å². The number of benzene rings is 1. The Kier molecular flexibility index (Phi) is 6.19. The highest BCUT2D eigenvalue weighted by Gasteiger charge is 2.19. The molecule has 0 aromatic heterocycles. The van der Waals surface area contributed by atoms with E-state index in [0.29, 0.717) is 6.54 Å². The van der Waals surface area contributed by atoms with Crippen molar-refractivity contribution in [1.29, 1.82) is 5.26 Å². The predicted octanol–water partition coefficient (Wildman–Crippen LogP) is 1.36. The molecule has 0 fully saturated rings. The fraction of sp³-hybridized carbons (Fsp3) is 0.429. The summed E-state index contributed by atoms with van der Waals surface area (Å²) in [5.41, 5.74) is 0.949. The monoisotopic (exact) mass is 294 g/mol. The van der Waals surface area contributed by atoms with Crippen molar-refractivity contribution < 1.29 is 13.2 Å². The van der Waals surface area contributed by atoms with Gasteiger partial charge in [-0.25, -0.2) is 8.42 Å². The summed E-state index contributed by atoms with van der Waals surface area (Å²) in [6, 6.07) is 11.3. The van der Waals surface area contributed by atoms with Crippen molar-refractivity contribution in [3.63, 3.8) is 0 Å². The van der Waals surface area contributed by atoms with E-state index in [-0.39, 0.29) is 18.6 Å². The summed E-state index contributed by atoms with van der Waals surface area (Å²) in [5, 5.41) is 8.38. The van der Waals surface area contributed by atoms with E-state index in [4.69, 9.17) is 5.26 Å². The van der Waals surface area contributed by atoms with Crippen LogP contribution in [0.15, 0.2) is 30.3 Å². The van der Waals surface area contributed by atoms with E-state index in [0.717, 1.165) is 5.56 Å². The van der Waals surface area contributed by atoms with Gasteiger partial charge in [-0.05, 0) is 12.0 Å². The van der Waals surface area contributed by atoms with Crippen LogP contribution in [0.1, 0.15) is 18.4 Å². The van der Waals surface area contributed by atoms with Gasteiger partial charge in [-0.3, -0.25) is 4.79 Å². The van der Waals surface area contributed by atoms with Crippen molar-refractivity contribution in [1.82, 2.24) is 4.90 Å². The molecule has 0 saturated heterocycles. The Morgan fingerprint density at radius 2 is 1.95 bits per heavy atom. The van der Waals surface area contributed by atoms with E-state index < -0.39 is 21.5 Å². The highest BCUT2D eigenvalue weighted by atomic mass is 32.2. The van der Waals surface area contributed by atoms with Gasteiger partial charge < -0.3 is 4.90 Å². The Morgan fingerprint density at radius 3 is 2.55 bits per heavy atom. The lowest BCUT2D eigenvalue weighted by Gasteiger charge is -2.17. The van der Waals surface area contributed by atoms with E-state index in [1.54, 1.807) is 7.05 Å². The summed E-state index contributed by atoms with van der Waals surface area (Å²) < 4.78 is 23.4. The van der Waals surface area contributed by atoms with Gasteiger partial charge in [-0.15, -0.1) is 0 Å². The van der Waals surface area contributed by atoms with E-state index in [1.165, 1.54) is 4.90 Å². The van der Waals surface area contributed by atoms with Gasteiger partial charge in [0, 0.05) is 20.0 Å². The van der Waals surface area contributed by atoms with Gasteiger partial charge in [-0.1, -0.05) is 30.3 Å². The highest BCUT2D eigenvalue weighted by molar-refractivity contribution is 7.92. The SMILES string of the molecule is CN(Cc1ccccc1)C(=O)CS(=O)(=O)CCCC#N. The molecular formula is C14H18N2O3S. The van der Waals surface area contributed by atoms with E-state index in [1.807, 2.05) is 36.4 Å². The fourth-order valence-electron chi connectivity index (χ4n) is 1.69. The third kappa shape index (κ3) is 5.85. The maximum Gasteiger partial charge on any atom is 0.237 e. The lowest BCUT2D eigenvalue weighted by molar-refractivity contribution is -0.127. The normalized spacial score (nSPS) is 10.8. The lowest BCUT2D eigenvalue weighted by Crippen LogP contribution is -2.32. The number of nitriles is 1. The number of hydrogen-bond donors (Lipinski definition) is 0. The third-order valence-electron chi connectivity index (χ3n) is 2.78. The van der Waals surface area contributed by atoms with Crippen LogP contribution in [0, 0.1) is 11.3 Å². The van der Waals surface area contributed by atoms with Gasteiger partial charge in [-0.2, -0.15) is 5.26 Å². The van der Waals surface area contributed by atoms with E-state index >= 15 is 0 Å². The Bertz CT molecular complexity index is 576. The number of hydrogen-bond acceptors (Lipinski definition) is 4. The highest BCUT2D eigenvalue weighted by Crippen LogP contribution is 2.05. The van der Waals surface area contributed by atoms with Crippen LogP contribution in [0.2, 0.25) is 0 Å². The number of carbonyl (C=O) groups is 1. The summed E-state index contributed by atoms with van der Waals surface area (Å²) in [5.74, 6) is -1.04. The number of carbonyl (C=O) groups excluding carboxylic acids is 1. The quantitative estimate of drug-likeness (QED) is 0.711. The summed E-state index contributed by atoms with van der Waals surface area (Å²) in [6.45, 7) is 0.382. The minimum absolute atomic E-state index is 0.120. The molecule has 108 valence electrons. The van der Waals surface area contributed by atoms with Gasteiger partial charge >= 0.3 is 0 Å². The number of nitrogens with zero attached hydrogens (tertiary/aromatic N) is 2. The molecule has 5 nitrogen and oxygen atoms in total. The molecule has 20 heavy (non-hydrogen) atoms. The molecular weight excluding hydrogens is 276 g/mol. The molecule has 0 unspecified atom stereocenters. The molecule has 0 aliphatic rings. The van der Waals surface area contributed by atoms with Gasteiger partial charge in [0.2, 0.25) is 5.91 Å². The molecule has 1 aromatic rings. The number of sulfone groups is 1. The van der Waals surface area contributed by atoms with Crippen molar-refractivity contribution in [2.24, 2.45) is 0 Å². The summed E-state index contributed by atoms with van der Waals surface area (Å²) in [6.07, 6.45) is 0.460. The summed E-state index contributed by atoms with van der Waals surface area (Å²) in [7, 11) is -1.85. The molecule has 0 saturated carbocycles. The molecule has 0 spiro atoms. The number of rotatable bonds is 7. The second kappa shape index (κ2) is 7.65. The number of unbranched alkanes of at least 4 members (excludes halogenated alkanes) is 1. The minimum Gasteiger partial charge on any atom is -0.341 e. The molecule has 6 heteroatoms. The van der Waals surface area contributed by atoms with Crippen molar-refractivity contribution >= 4 is 15.7 Å². The maximum absolute atomic E-state index is 11.9. The van der Waals surface area contributed by atoms with Crippen LogP contribution >= 0.6 is 0 Å². The Morgan fingerprint density at radius 1 is 1.30 bits per heavy atom. The molecule has 0 N–H and O–H groups in total. The molecule has 1 aromatic carbocycles. The third-order valence-corrected chi connectivity index (χ3v) is 4.37. The standard InChI is InChI=1S/C14H18N2O3S/c1-16(11-13-7-3-2-4-8-13)14(17)12-20(18,19)10-6-5-9-15/h2-4,7-8H,5-6,10-12H2,1H3. The van der Waals surface area contributed by atoms with Gasteiger partial charge in [0.1, 0.15) is 5.75 Å². The molecule has 0 atom stereocenters. The van der Waals surface area contributed by atoms with Crippen LogP contribution in [-0.4, -0.2) is 37.8 Å². The van der Waals surface area contributed by atoms with Crippen molar-refractivity contribution in [2.45, 2.75) is 19.4 Å². The van der Waals surface area contributed by atoms with Gasteiger partial charge in [0.15, 0.2) is 9.84 Å². The average Bonchev–Trinajstić information content (AvgIpc) is 2.39. The zero-order chi connectivity index (χ0) is 15.0. The molecule has 0 heterocycles. The fourth-order valence-corrected chi connectivity index (χ4v) is 3.01. The Labute approximate surface area is 119 Å². The largest absolute Gasteiger partial charge is 0.341 e. The smallest absolute Gasteiger partial charge is 0.237 e. The molecule has 0 aliphatic carbocycles. The zero-order valence-electron chi connectivity index (χ0n) is 11.4. The maximum atomic E-state index is 11.9. The molecule has 1 amide bonds. The van der Waals surface area contributed by atoms with Crippen molar-refractivity contribution in [3.8, 4) is 6.07 Å². The van der Waals surface area contributed by atoms with Gasteiger partial charge in [0.25, 0.3) is 0 Å². The van der Waals surface area contributed by atoms with E-state index in [9.17, 15) is 13.2 Å². The Hall–Kier alpha value is -1.87. The van der Waals surface area contributed by atoms with Crippen LogP contribution in [-0.2, 0) is 21.2 Å². The first-order valence-corrected chi connectivity index (χ1v) is 8.12. The Balaban J connectivity index is 2.51. The van der Waals surface area contributed by atoms with Crippen LogP contribution in [0.5, 0.6) is 0 Å². The summed E-state index contributed by atoms with van der Waals surface area (Å²) in [4.78, 5) is 13.3. The van der Waals surface area contributed by atoms with E-state index in [2.05, 4.69) is 0 Å². The predicted molar refractivity (Wildman–Crippen MR) is 76.4 cm³/mol. The molecule has 0 radical (unpaired) electrons. The first kappa shape index (κ1) is 16.2. The van der Waals surface area contributed by atoms with Crippen LogP contribution in [0.3, 0.4) is 0 Å².